The van der Waals surface area contributed by atoms with E-state index in [2.05, 4.69) is 21.2 Å². The third-order valence-electron chi connectivity index (χ3n) is 1.48. The van der Waals surface area contributed by atoms with Crippen LogP contribution in [0.4, 0.5) is 0 Å². The van der Waals surface area contributed by atoms with Crippen molar-refractivity contribution >= 4 is 21.8 Å². The predicted octanol–water partition coefficient (Wildman–Crippen LogP) is 1.71. The number of furan rings is 1. The van der Waals surface area contributed by atoms with Gasteiger partial charge >= 0.3 is 0 Å². The van der Waals surface area contributed by atoms with Crippen molar-refractivity contribution < 1.29 is 9.21 Å². The summed E-state index contributed by atoms with van der Waals surface area (Å²) in [6.45, 7) is 2.40. The van der Waals surface area contributed by atoms with E-state index in [0.717, 1.165) is 5.33 Å². The Bertz CT molecular complexity index is 270. The summed E-state index contributed by atoms with van der Waals surface area (Å²) in [5, 5.41) is 3.49. The van der Waals surface area contributed by atoms with Gasteiger partial charge in [-0.3, -0.25) is 4.79 Å². The zero-order valence-electron chi connectivity index (χ0n) is 6.76. The molecule has 0 aliphatic rings. The molecule has 0 spiro atoms. The summed E-state index contributed by atoms with van der Waals surface area (Å²) >= 11 is 3.22. The molecule has 4 heteroatoms. The van der Waals surface area contributed by atoms with E-state index in [1.54, 1.807) is 13.0 Å². The first-order valence-corrected chi connectivity index (χ1v) is 4.76. The SMILES string of the molecule is Cc1occc1C(=O)NCCBr. The minimum atomic E-state index is -0.0827. The molecular weight excluding hydrogens is 222 g/mol. The lowest BCUT2D eigenvalue weighted by atomic mass is 10.2. The lowest BCUT2D eigenvalue weighted by Gasteiger charge is -1.99. The zero-order chi connectivity index (χ0) is 8.97. The fourth-order valence-corrected chi connectivity index (χ4v) is 1.07. The van der Waals surface area contributed by atoms with E-state index in [4.69, 9.17) is 4.42 Å². The summed E-state index contributed by atoms with van der Waals surface area (Å²) < 4.78 is 4.99. The number of carbonyl (C=O) groups is 1. The van der Waals surface area contributed by atoms with Gasteiger partial charge in [-0.1, -0.05) is 15.9 Å². The molecule has 0 bridgehead atoms. The van der Waals surface area contributed by atoms with Crippen molar-refractivity contribution in [2.45, 2.75) is 6.92 Å². The predicted molar refractivity (Wildman–Crippen MR) is 49.6 cm³/mol. The molecule has 0 aliphatic carbocycles. The van der Waals surface area contributed by atoms with Gasteiger partial charge in [0.25, 0.3) is 5.91 Å². The van der Waals surface area contributed by atoms with Crippen molar-refractivity contribution in [3.8, 4) is 0 Å². The highest BCUT2D eigenvalue weighted by Crippen LogP contribution is 2.07. The number of carbonyl (C=O) groups excluding carboxylic acids is 1. The molecule has 1 aromatic rings. The molecule has 1 rings (SSSR count). The molecule has 66 valence electrons. The molecule has 0 radical (unpaired) electrons. The van der Waals surface area contributed by atoms with Crippen molar-refractivity contribution in [3.63, 3.8) is 0 Å². The van der Waals surface area contributed by atoms with Gasteiger partial charge in [0.1, 0.15) is 5.76 Å². The molecule has 0 saturated heterocycles. The molecule has 0 atom stereocenters. The molecule has 0 aliphatic heterocycles. The lowest BCUT2D eigenvalue weighted by molar-refractivity contribution is 0.0955. The van der Waals surface area contributed by atoms with Crippen LogP contribution in [0.3, 0.4) is 0 Å². The Morgan fingerprint density at radius 1 is 1.75 bits per heavy atom. The van der Waals surface area contributed by atoms with Gasteiger partial charge in [-0.2, -0.15) is 0 Å². The Labute approximate surface area is 79.3 Å². The lowest BCUT2D eigenvalue weighted by Crippen LogP contribution is -2.25. The van der Waals surface area contributed by atoms with Crippen LogP contribution in [0, 0.1) is 6.92 Å². The van der Waals surface area contributed by atoms with Crippen LogP contribution in [0.2, 0.25) is 0 Å². The molecule has 12 heavy (non-hydrogen) atoms. The molecule has 0 aromatic carbocycles. The highest BCUT2D eigenvalue weighted by molar-refractivity contribution is 9.09. The Morgan fingerprint density at radius 3 is 3.00 bits per heavy atom. The first-order valence-electron chi connectivity index (χ1n) is 3.64. The second-order valence-electron chi connectivity index (χ2n) is 2.34. The van der Waals surface area contributed by atoms with Crippen molar-refractivity contribution in [1.29, 1.82) is 0 Å². The normalized spacial score (nSPS) is 9.83. The standard InChI is InChI=1S/C8H10BrNO2/c1-6-7(2-5-12-6)8(11)10-4-3-9/h2,5H,3-4H2,1H3,(H,10,11). The first kappa shape index (κ1) is 9.32. The van der Waals surface area contributed by atoms with Gasteiger partial charge in [-0.15, -0.1) is 0 Å². The van der Waals surface area contributed by atoms with E-state index in [9.17, 15) is 4.79 Å². The van der Waals surface area contributed by atoms with E-state index in [1.807, 2.05) is 0 Å². The average Bonchev–Trinajstić information content (AvgIpc) is 2.47. The second kappa shape index (κ2) is 4.30. The summed E-state index contributed by atoms with van der Waals surface area (Å²) in [6, 6.07) is 1.67. The Balaban J connectivity index is 2.59. The van der Waals surface area contributed by atoms with Crippen molar-refractivity contribution in [2.75, 3.05) is 11.9 Å². The number of hydrogen-bond donors (Lipinski definition) is 1. The van der Waals surface area contributed by atoms with Gasteiger partial charge in [0.05, 0.1) is 11.8 Å². The van der Waals surface area contributed by atoms with Gasteiger partial charge in [0.2, 0.25) is 0 Å². The third-order valence-corrected chi connectivity index (χ3v) is 1.88. The average molecular weight is 232 g/mol. The van der Waals surface area contributed by atoms with E-state index >= 15 is 0 Å². The maximum Gasteiger partial charge on any atom is 0.254 e. The van der Waals surface area contributed by atoms with Crippen LogP contribution in [-0.4, -0.2) is 17.8 Å². The van der Waals surface area contributed by atoms with E-state index in [1.165, 1.54) is 6.26 Å². The van der Waals surface area contributed by atoms with Gasteiger partial charge in [-0.05, 0) is 13.0 Å². The van der Waals surface area contributed by atoms with E-state index in [0.29, 0.717) is 17.9 Å². The van der Waals surface area contributed by atoms with Crippen LogP contribution < -0.4 is 5.32 Å². The zero-order valence-corrected chi connectivity index (χ0v) is 8.35. The maximum atomic E-state index is 11.3. The summed E-state index contributed by atoms with van der Waals surface area (Å²) in [4.78, 5) is 11.3. The quantitative estimate of drug-likeness (QED) is 0.806. The van der Waals surface area contributed by atoms with E-state index < -0.39 is 0 Å². The van der Waals surface area contributed by atoms with Gasteiger partial charge in [0.15, 0.2) is 0 Å². The van der Waals surface area contributed by atoms with Crippen LogP contribution in [0.1, 0.15) is 16.1 Å². The minimum absolute atomic E-state index is 0.0827. The second-order valence-corrected chi connectivity index (χ2v) is 3.13. The van der Waals surface area contributed by atoms with Crippen LogP contribution >= 0.6 is 15.9 Å². The molecule has 1 heterocycles. The smallest absolute Gasteiger partial charge is 0.254 e. The Hall–Kier alpha value is -0.770. The first-order chi connectivity index (χ1) is 5.75. The number of aryl methyl sites for hydroxylation is 1. The number of rotatable bonds is 3. The van der Waals surface area contributed by atoms with Crippen LogP contribution in [0.5, 0.6) is 0 Å². The topological polar surface area (TPSA) is 42.2 Å². The highest BCUT2D eigenvalue weighted by Gasteiger charge is 2.09. The molecule has 3 nitrogen and oxygen atoms in total. The Kier molecular flexibility index (Phi) is 3.34. The minimum Gasteiger partial charge on any atom is -0.469 e. The largest absolute Gasteiger partial charge is 0.469 e. The fraction of sp³-hybridized carbons (Fsp3) is 0.375. The number of alkyl halides is 1. The molecular formula is C8H10BrNO2. The van der Waals surface area contributed by atoms with Crippen LogP contribution in [0.15, 0.2) is 16.7 Å². The molecule has 0 saturated carbocycles. The van der Waals surface area contributed by atoms with Gasteiger partial charge in [-0.25, -0.2) is 0 Å². The summed E-state index contributed by atoms with van der Waals surface area (Å²) in [5.41, 5.74) is 0.607. The third kappa shape index (κ3) is 2.11. The number of amides is 1. The van der Waals surface area contributed by atoms with Crippen molar-refractivity contribution in [1.82, 2.24) is 5.32 Å². The molecule has 1 aromatic heterocycles. The highest BCUT2D eigenvalue weighted by atomic mass is 79.9. The molecule has 1 N–H and O–H groups in total. The molecule has 0 fully saturated rings. The van der Waals surface area contributed by atoms with Crippen LogP contribution in [-0.2, 0) is 0 Å². The number of nitrogens with one attached hydrogen (secondary N) is 1. The monoisotopic (exact) mass is 231 g/mol. The fourth-order valence-electron chi connectivity index (χ4n) is 0.877. The Morgan fingerprint density at radius 2 is 2.50 bits per heavy atom. The molecule has 0 unspecified atom stereocenters. The van der Waals surface area contributed by atoms with E-state index in [-0.39, 0.29) is 5.91 Å². The summed E-state index contributed by atoms with van der Waals surface area (Å²) in [5.74, 6) is 0.572. The number of halogens is 1. The van der Waals surface area contributed by atoms with Crippen molar-refractivity contribution in [2.24, 2.45) is 0 Å². The van der Waals surface area contributed by atoms with Gasteiger partial charge < -0.3 is 9.73 Å². The maximum absolute atomic E-state index is 11.3. The summed E-state index contributed by atoms with van der Waals surface area (Å²) in [6.07, 6.45) is 1.51. The number of hydrogen-bond acceptors (Lipinski definition) is 2. The van der Waals surface area contributed by atoms with Crippen molar-refractivity contribution in [3.05, 3.63) is 23.7 Å². The molecule has 1 amide bonds. The van der Waals surface area contributed by atoms with Crippen LogP contribution in [0.25, 0.3) is 0 Å². The summed E-state index contributed by atoms with van der Waals surface area (Å²) in [7, 11) is 0. The van der Waals surface area contributed by atoms with Gasteiger partial charge in [0, 0.05) is 11.9 Å².